The van der Waals surface area contributed by atoms with Crippen molar-refractivity contribution in [3.05, 3.63) is 0 Å². The molecule has 4 heteroatoms. The second-order valence-corrected chi connectivity index (χ2v) is 5.33. The molecule has 18 heavy (non-hydrogen) atoms. The Bertz CT molecular complexity index is 308. The van der Waals surface area contributed by atoms with Gasteiger partial charge in [-0.1, -0.05) is 6.42 Å². The normalized spacial score (nSPS) is 28.8. The summed E-state index contributed by atoms with van der Waals surface area (Å²) in [6, 6.07) is 0.178. The molecular weight excluding hydrogens is 226 g/mol. The van der Waals surface area contributed by atoms with E-state index in [-0.39, 0.29) is 12.6 Å². The summed E-state index contributed by atoms with van der Waals surface area (Å²) in [4.78, 5) is 7.10. The van der Waals surface area contributed by atoms with E-state index in [4.69, 9.17) is 10.5 Å². The second-order valence-electron chi connectivity index (χ2n) is 5.33. The third-order valence-electron chi connectivity index (χ3n) is 3.91. The highest BCUT2D eigenvalue weighted by atomic mass is 16.3. The van der Waals surface area contributed by atoms with E-state index in [1.807, 2.05) is 0 Å². The van der Waals surface area contributed by atoms with Crippen LogP contribution in [0, 0.1) is 5.41 Å². The fraction of sp³-hybridized carbons (Fsp3) is 0.857. The number of aliphatic hydroxyl groups is 1. The highest BCUT2D eigenvalue weighted by Gasteiger charge is 2.31. The molecule has 0 aromatic carbocycles. The Morgan fingerprint density at radius 2 is 1.94 bits per heavy atom. The summed E-state index contributed by atoms with van der Waals surface area (Å²) in [5.74, 6) is 0. The number of aliphatic hydroxyl groups excluding tert-OH is 1. The average Bonchev–Trinajstić information content (AvgIpc) is 2.40. The van der Waals surface area contributed by atoms with Gasteiger partial charge in [0.1, 0.15) is 0 Å². The monoisotopic (exact) mass is 251 g/mol. The van der Waals surface area contributed by atoms with Crippen LogP contribution in [0.4, 0.5) is 0 Å². The molecule has 1 saturated carbocycles. The number of nitrogens with one attached hydrogen (secondary N) is 1. The topological polar surface area (TPSA) is 59.7 Å². The predicted molar refractivity (Wildman–Crippen MR) is 74.8 cm³/mol. The fourth-order valence-corrected chi connectivity index (χ4v) is 3.00. The van der Waals surface area contributed by atoms with Gasteiger partial charge in [0.25, 0.3) is 0 Å². The number of hydrogen-bond acceptors (Lipinski definition) is 4. The third-order valence-corrected chi connectivity index (χ3v) is 3.91. The molecule has 0 aromatic rings. The van der Waals surface area contributed by atoms with Crippen molar-refractivity contribution in [1.82, 2.24) is 4.90 Å². The molecule has 0 radical (unpaired) electrons. The molecule has 2 rings (SSSR count). The van der Waals surface area contributed by atoms with Crippen LogP contribution in [0.1, 0.15) is 44.9 Å². The molecule has 1 aliphatic carbocycles. The van der Waals surface area contributed by atoms with Crippen LogP contribution in [0.25, 0.3) is 0 Å². The Hall–Kier alpha value is -0.740. The zero-order valence-electron chi connectivity index (χ0n) is 11.2. The van der Waals surface area contributed by atoms with Crippen molar-refractivity contribution >= 4 is 11.4 Å². The summed E-state index contributed by atoms with van der Waals surface area (Å²) in [6.45, 7) is 3.16. The average molecular weight is 251 g/mol. The molecule has 0 aromatic heterocycles. The highest BCUT2D eigenvalue weighted by Crippen LogP contribution is 2.22. The summed E-state index contributed by atoms with van der Waals surface area (Å²) in [5, 5.41) is 17.1. The highest BCUT2D eigenvalue weighted by molar-refractivity contribution is 6.12. The Labute approximate surface area is 110 Å². The first-order valence-electron chi connectivity index (χ1n) is 7.28. The molecule has 1 unspecified atom stereocenters. The van der Waals surface area contributed by atoms with Crippen molar-refractivity contribution in [3.8, 4) is 0 Å². The number of likely N-dealkylation sites (tertiary alicyclic amines) is 1. The van der Waals surface area contributed by atoms with E-state index >= 15 is 0 Å². The van der Waals surface area contributed by atoms with E-state index in [2.05, 4.69) is 9.89 Å². The lowest BCUT2D eigenvalue weighted by atomic mass is 9.89. The number of hydrogen-bond donors (Lipinski definition) is 2. The van der Waals surface area contributed by atoms with E-state index in [0.29, 0.717) is 6.54 Å². The summed E-state index contributed by atoms with van der Waals surface area (Å²) in [5.41, 5.74) is 2.05. The second kappa shape index (κ2) is 7.00. The Morgan fingerprint density at radius 3 is 2.67 bits per heavy atom. The van der Waals surface area contributed by atoms with E-state index in [1.54, 1.807) is 0 Å². The van der Waals surface area contributed by atoms with Gasteiger partial charge in [-0.15, -0.1) is 0 Å². The maximum atomic E-state index is 8.84. The van der Waals surface area contributed by atoms with Crippen LogP contribution in [0.2, 0.25) is 0 Å². The van der Waals surface area contributed by atoms with Gasteiger partial charge in [-0.25, -0.2) is 0 Å². The molecule has 0 bridgehead atoms. The zero-order valence-corrected chi connectivity index (χ0v) is 11.2. The van der Waals surface area contributed by atoms with Crippen molar-refractivity contribution < 1.29 is 5.11 Å². The molecule has 1 aliphatic heterocycles. The molecule has 0 amide bonds. The molecular formula is C14H25N3O. The van der Waals surface area contributed by atoms with Crippen LogP contribution in [0.15, 0.2) is 4.99 Å². The lowest BCUT2D eigenvalue weighted by Gasteiger charge is -2.38. The van der Waals surface area contributed by atoms with E-state index in [1.165, 1.54) is 25.0 Å². The minimum absolute atomic E-state index is 0.178. The number of nitrogens with zero attached hydrogens (tertiary/aromatic N) is 2. The minimum atomic E-state index is 0.178. The summed E-state index contributed by atoms with van der Waals surface area (Å²) >= 11 is 0. The lowest BCUT2D eigenvalue weighted by Crippen LogP contribution is -2.50. The Kier molecular flexibility index (Phi) is 5.32. The van der Waals surface area contributed by atoms with Gasteiger partial charge in [-0.05, 0) is 51.6 Å². The predicted octanol–water partition coefficient (Wildman–Crippen LogP) is 1.87. The minimum Gasteiger partial charge on any atom is -0.396 e. The Balaban J connectivity index is 2.04. The molecule has 2 N–H and O–H groups in total. The molecule has 1 saturated heterocycles. The maximum absolute atomic E-state index is 8.84. The van der Waals surface area contributed by atoms with Gasteiger partial charge in [0.15, 0.2) is 0 Å². The van der Waals surface area contributed by atoms with Crippen molar-refractivity contribution in [2.45, 2.75) is 51.0 Å². The molecule has 2 aliphatic rings. The first kappa shape index (κ1) is 13.7. The van der Waals surface area contributed by atoms with E-state index in [9.17, 15) is 0 Å². The third kappa shape index (κ3) is 3.39. The molecule has 2 fully saturated rings. The van der Waals surface area contributed by atoms with Gasteiger partial charge in [0.2, 0.25) is 0 Å². The lowest BCUT2D eigenvalue weighted by molar-refractivity contribution is 0.228. The van der Waals surface area contributed by atoms with E-state index in [0.717, 1.165) is 44.5 Å². The van der Waals surface area contributed by atoms with Crippen molar-refractivity contribution in [1.29, 1.82) is 5.41 Å². The molecule has 0 spiro atoms. The van der Waals surface area contributed by atoms with Gasteiger partial charge in [-0.2, -0.15) is 0 Å². The van der Waals surface area contributed by atoms with Gasteiger partial charge in [-0.3, -0.25) is 9.89 Å². The van der Waals surface area contributed by atoms with Crippen LogP contribution >= 0.6 is 0 Å². The van der Waals surface area contributed by atoms with Gasteiger partial charge in [0, 0.05) is 24.6 Å². The standard InChI is InChI=1S/C14H25N3O/c15-12-6-4-7-13(16-8-5-11-18)14(12)17-9-2-1-3-10-17/h14-15,18H,1-11H2. The molecule has 102 valence electrons. The maximum Gasteiger partial charge on any atom is 0.0858 e. The van der Waals surface area contributed by atoms with Gasteiger partial charge in [0.05, 0.1) is 6.04 Å². The van der Waals surface area contributed by atoms with Crippen LogP contribution < -0.4 is 0 Å². The number of piperidine rings is 1. The van der Waals surface area contributed by atoms with Gasteiger partial charge >= 0.3 is 0 Å². The molecule has 1 heterocycles. The molecule has 4 nitrogen and oxygen atoms in total. The number of aliphatic imine (C=N–C) groups is 1. The van der Waals surface area contributed by atoms with Crippen LogP contribution in [-0.4, -0.2) is 53.7 Å². The van der Waals surface area contributed by atoms with Crippen molar-refractivity contribution in [2.75, 3.05) is 26.2 Å². The first-order valence-corrected chi connectivity index (χ1v) is 7.28. The largest absolute Gasteiger partial charge is 0.396 e. The molecule has 1 atom stereocenters. The Morgan fingerprint density at radius 1 is 1.17 bits per heavy atom. The van der Waals surface area contributed by atoms with Crippen LogP contribution in [0.3, 0.4) is 0 Å². The van der Waals surface area contributed by atoms with Crippen LogP contribution in [0.5, 0.6) is 0 Å². The SMILES string of the molecule is N=C1CCCC(=NCCCO)C1N1CCCCC1. The van der Waals surface area contributed by atoms with Crippen LogP contribution in [-0.2, 0) is 0 Å². The quantitative estimate of drug-likeness (QED) is 0.749. The zero-order chi connectivity index (χ0) is 12.8. The fourth-order valence-electron chi connectivity index (χ4n) is 3.00. The van der Waals surface area contributed by atoms with Crippen molar-refractivity contribution in [2.24, 2.45) is 4.99 Å². The smallest absolute Gasteiger partial charge is 0.0858 e. The first-order chi connectivity index (χ1) is 8.83. The number of rotatable bonds is 4. The van der Waals surface area contributed by atoms with Gasteiger partial charge < -0.3 is 10.5 Å². The summed E-state index contributed by atoms with van der Waals surface area (Å²) in [6.07, 6.45) is 7.62. The van der Waals surface area contributed by atoms with E-state index < -0.39 is 0 Å². The summed E-state index contributed by atoms with van der Waals surface area (Å²) in [7, 11) is 0. The summed E-state index contributed by atoms with van der Waals surface area (Å²) < 4.78 is 0. The van der Waals surface area contributed by atoms with Crippen molar-refractivity contribution in [3.63, 3.8) is 0 Å².